The molecule has 0 radical (unpaired) electrons. The monoisotopic (exact) mass is 346 g/mol. The minimum absolute atomic E-state index is 0.0698. The summed E-state index contributed by atoms with van der Waals surface area (Å²) in [6.45, 7) is 6.79. The zero-order chi connectivity index (χ0) is 17.8. The Morgan fingerprint density at radius 2 is 1.76 bits per heavy atom. The van der Waals surface area contributed by atoms with Crippen molar-refractivity contribution in [3.05, 3.63) is 0 Å². The highest BCUT2D eigenvalue weighted by atomic mass is 16.3. The summed E-state index contributed by atoms with van der Waals surface area (Å²) in [4.78, 5) is 12.7. The first-order valence-corrected chi connectivity index (χ1v) is 10.7. The van der Waals surface area contributed by atoms with E-state index in [1.807, 2.05) is 0 Å². The standard InChI is InChI=1S/C22H34O3/c1-12-8-17(12)22(25)11-14(23)5-7-21(22,3)13-4-6-20(2)18(9-13)15-10-16(15)19(20)24/h12-18,23,25H,4-11H2,1-3H3/t12-,13?,14-,15+,16-,17+,18?,20-,21+,22+/m0/s1. The molecule has 5 saturated carbocycles. The van der Waals surface area contributed by atoms with E-state index in [1.165, 1.54) is 0 Å². The Morgan fingerprint density at radius 1 is 1.04 bits per heavy atom. The predicted molar refractivity (Wildman–Crippen MR) is 95.7 cm³/mol. The molecule has 0 aromatic carbocycles. The number of rotatable bonds is 2. The summed E-state index contributed by atoms with van der Waals surface area (Å²) in [7, 11) is 0. The molecule has 10 atom stereocenters. The molecule has 0 aliphatic heterocycles. The van der Waals surface area contributed by atoms with Crippen LogP contribution in [0.3, 0.4) is 0 Å². The molecule has 2 N–H and O–H groups in total. The topological polar surface area (TPSA) is 57.5 Å². The summed E-state index contributed by atoms with van der Waals surface area (Å²) in [5.74, 6) is 3.57. The van der Waals surface area contributed by atoms with Crippen molar-refractivity contribution in [1.82, 2.24) is 0 Å². The molecule has 140 valence electrons. The van der Waals surface area contributed by atoms with Gasteiger partial charge in [0.25, 0.3) is 0 Å². The van der Waals surface area contributed by atoms with E-state index in [4.69, 9.17) is 0 Å². The maximum atomic E-state index is 12.7. The second-order valence-electron chi connectivity index (χ2n) is 10.9. The highest BCUT2D eigenvalue weighted by molar-refractivity contribution is 5.92. The van der Waals surface area contributed by atoms with Gasteiger partial charge < -0.3 is 10.2 Å². The molecule has 0 spiro atoms. The average molecular weight is 347 g/mol. The van der Waals surface area contributed by atoms with Gasteiger partial charge in [-0.05, 0) is 80.0 Å². The molecule has 5 rings (SSSR count). The first kappa shape index (κ1) is 16.7. The van der Waals surface area contributed by atoms with Gasteiger partial charge in [-0.25, -0.2) is 0 Å². The van der Waals surface area contributed by atoms with Gasteiger partial charge in [0.2, 0.25) is 0 Å². The van der Waals surface area contributed by atoms with Crippen molar-refractivity contribution in [2.24, 2.45) is 46.3 Å². The maximum Gasteiger partial charge on any atom is 0.142 e. The molecule has 25 heavy (non-hydrogen) atoms. The summed E-state index contributed by atoms with van der Waals surface area (Å²) < 4.78 is 0. The minimum atomic E-state index is -0.714. The maximum absolute atomic E-state index is 12.7. The number of fused-ring (bicyclic) bond motifs is 3. The number of hydrogen-bond donors (Lipinski definition) is 2. The van der Waals surface area contributed by atoms with Crippen molar-refractivity contribution in [3.8, 4) is 0 Å². The second-order valence-corrected chi connectivity index (χ2v) is 10.9. The van der Waals surface area contributed by atoms with Crippen LogP contribution in [-0.2, 0) is 4.79 Å². The summed E-state index contributed by atoms with van der Waals surface area (Å²) in [6.07, 6.45) is 7.42. The Labute approximate surface area is 151 Å². The number of carbonyl (C=O) groups is 1. The number of carbonyl (C=O) groups excluding carboxylic acids is 1. The van der Waals surface area contributed by atoms with E-state index in [9.17, 15) is 15.0 Å². The van der Waals surface area contributed by atoms with Crippen LogP contribution in [0.15, 0.2) is 0 Å². The quantitative estimate of drug-likeness (QED) is 0.804. The molecule has 3 heteroatoms. The lowest BCUT2D eigenvalue weighted by Gasteiger charge is -2.57. The molecule has 0 heterocycles. The van der Waals surface area contributed by atoms with Gasteiger partial charge in [-0.15, -0.1) is 0 Å². The van der Waals surface area contributed by atoms with Crippen LogP contribution in [0, 0.1) is 46.3 Å². The highest BCUT2D eigenvalue weighted by Crippen LogP contribution is 2.70. The SMILES string of the molecule is C[C@H]1C[C@H]1[C@]1(O)C[C@@H](O)CC[C@]1(C)C1CC[C@]2(C)C(=O)[C@H]3C[C@H]3C2C1. The summed E-state index contributed by atoms with van der Waals surface area (Å²) >= 11 is 0. The minimum Gasteiger partial charge on any atom is -0.393 e. The van der Waals surface area contributed by atoms with Crippen molar-refractivity contribution in [3.63, 3.8) is 0 Å². The summed E-state index contributed by atoms with van der Waals surface area (Å²) in [5, 5.41) is 22.1. The lowest BCUT2D eigenvalue weighted by molar-refractivity contribution is -0.187. The number of hydrogen-bond acceptors (Lipinski definition) is 3. The van der Waals surface area contributed by atoms with Gasteiger partial charge in [0.15, 0.2) is 0 Å². The van der Waals surface area contributed by atoms with Crippen LogP contribution in [0.5, 0.6) is 0 Å². The largest absolute Gasteiger partial charge is 0.393 e. The van der Waals surface area contributed by atoms with E-state index in [0.29, 0.717) is 47.7 Å². The number of aliphatic hydroxyl groups is 2. The third kappa shape index (κ3) is 2.03. The molecule has 0 bridgehead atoms. The number of Topliss-reactive ketones (excluding diaryl/α,β-unsaturated/α-hetero) is 1. The summed E-state index contributed by atoms with van der Waals surface area (Å²) in [6, 6.07) is 0. The van der Waals surface area contributed by atoms with Gasteiger partial charge in [-0.1, -0.05) is 20.8 Å². The van der Waals surface area contributed by atoms with Crippen LogP contribution >= 0.6 is 0 Å². The van der Waals surface area contributed by atoms with Crippen molar-refractivity contribution in [2.75, 3.05) is 0 Å². The van der Waals surface area contributed by atoms with Crippen LogP contribution in [0.25, 0.3) is 0 Å². The third-order valence-electron chi connectivity index (χ3n) is 9.78. The first-order valence-electron chi connectivity index (χ1n) is 10.7. The highest BCUT2D eigenvalue weighted by Gasteiger charge is 2.69. The number of ketones is 1. The van der Waals surface area contributed by atoms with E-state index >= 15 is 0 Å². The fourth-order valence-corrected chi connectivity index (χ4v) is 7.76. The second kappa shape index (κ2) is 4.90. The van der Waals surface area contributed by atoms with Crippen LogP contribution in [-0.4, -0.2) is 27.7 Å². The van der Waals surface area contributed by atoms with Gasteiger partial charge >= 0.3 is 0 Å². The Kier molecular flexibility index (Phi) is 3.28. The molecule has 2 unspecified atom stereocenters. The van der Waals surface area contributed by atoms with Crippen LogP contribution in [0.4, 0.5) is 0 Å². The molecule has 5 fully saturated rings. The van der Waals surface area contributed by atoms with Crippen molar-refractivity contribution in [1.29, 1.82) is 0 Å². The molecule has 0 amide bonds. The first-order chi connectivity index (χ1) is 11.7. The fourth-order valence-electron chi connectivity index (χ4n) is 7.76. The van der Waals surface area contributed by atoms with E-state index in [2.05, 4.69) is 20.8 Å². The zero-order valence-electron chi connectivity index (χ0n) is 16.0. The molecule has 5 aliphatic rings. The fraction of sp³-hybridized carbons (Fsp3) is 0.955. The lowest BCUT2D eigenvalue weighted by Crippen LogP contribution is -2.59. The van der Waals surface area contributed by atoms with E-state index < -0.39 is 5.60 Å². The molecule has 3 nitrogen and oxygen atoms in total. The van der Waals surface area contributed by atoms with Crippen LogP contribution in [0.2, 0.25) is 0 Å². The molecule has 0 saturated heterocycles. The van der Waals surface area contributed by atoms with Crippen molar-refractivity contribution >= 4 is 5.78 Å². The van der Waals surface area contributed by atoms with Gasteiger partial charge in [0.05, 0.1) is 11.7 Å². The summed E-state index contributed by atoms with van der Waals surface area (Å²) in [5.41, 5.74) is -0.882. The molecule has 5 aliphatic carbocycles. The third-order valence-corrected chi connectivity index (χ3v) is 9.78. The Hall–Kier alpha value is -0.410. The van der Waals surface area contributed by atoms with Gasteiger partial charge in [0, 0.05) is 17.8 Å². The Bertz CT molecular complexity index is 616. The van der Waals surface area contributed by atoms with Gasteiger partial charge in [0.1, 0.15) is 5.78 Å². The van der Waals surface area contributed by atoms with Crippen LogP contribution < -0.4 is 0 Å². The normalized spacial score (nSPS) is 63.1. The molecular weight excluding hydrogens is 312 g/mol. The zero-order valence-corrected chi connectivity index (χ0v) is 16.0. The average Bonchev–Trinajstić information content (AvgIpc) is 3.46. The molecular formula is C22H34O3. The van der Waals surface area contributed by atoms with Crippen LogP contribution in [0.1, 0.15) is 72.1 Å². The van der Waals surface area contributed by atoms with Crippen molar-refractivity contribution in [2.45, 2.75) is 83.8 Å². The van der Waals surface area contributed by atoms with E-state index in [-0.39, 0.29) is 16.9 Å². The lowest BCUT2D eigenvalue weighted by atomic mass is 9.50. The number of aliphatic hydroxyl groups excluding tert-OH is 1. The smallest absolute Gasteiger partial charge is 0.142 e. The van der Waals surface area contributed by atoms with E-state index in [1.54, 1.807) is 0 Å². The molecule has 0 aromatic rings. The predicted octanol–water partition coefficient (Wildman–Crippen LogP) is 3.57. The van der Waals surface area contributed by atoms with Crippen molar-refractivity contribution < 1.29 is 15.0 Å². The van der Waals surface area contributed by atoms with E-state index in [0.717, 1.165) is 44.9 Å². The van der Waals surface area contributed by atoms with Gasteiger partial charge in [-0.2, -0.15) is 0 Å². The van der Waals surface area contributed by atoms with Gasteiger partial charge in [-0.3, -0.25) is 4.79 Å². The Balaban J connectivity index is 1.44. The Morgan fingerprint density at radius 3 is 2.44 bits per heavy atom. The molecule has 0 aromatic heterocycles.